The fourth-order valence-corrected chi connectivity index (χ4v) is 6.34. The van der Waals surface area contributed by atoms with Gasteiger partial charge in [-0.25, -0.2) is 4.79 Å². The van der Waals surface area contributed by atoms with Crippen LogP contribution in [0.5, 0.6) is 0 Å². The number of carbonyl (C=O) groups excluding carboxylic acids is 1. The van der Waals surface area contributed by atoms with Gasteiger partial charge in [-0.15, -0.1) is 0 Å². The lowest BCUT2D eigenvalue weighted by molar-refractivity contribution is -0.145. The molecule has 2 saturated heterocycles. The summed E-state index contributed by atoms with van der Waals surface area (Å²) in [6.07, 6.45) is 13.0. The maximum Gasteiger partial charge on any atom is 0.407 e. The molecule has 5 rings (SSSR count). The molecule has 2 atom stereocenters. The van der Waals surface area contributed by atoms with Crippen LogP contribution in [0.2, 0.25) is 0 Å². The van der Waals surface area contributed by atoms with Gasteiger partial charge in [0, 0.05) is 32.4 Å². The van der Waals surface area contributed by atoms with Crippen molar-refractivity contribution in [2.45, 2.75) is 76.0 Å². The van der Waals surface area contributed by atoms with Crippen LogP contribution in [0.15, 0.2) is 79.9 Å². The quantitative estimate of drug-likeness (QED) is 0.210. The number of amides is 1. The van der Waals surface area contributed by atoms with E-state index in [2.05, 4.69) is 59.6 Å². The van der Waals surface area contributed by atoms with E-state index in [0.717, 1.165) is 69.4 Å². The van der Waals surface area contributed by atoms with Gasteiger partial charge in [-0.1, -0.05) is 99.2 Å². The summed E-state index contributed by atoms with van der Waals surface area (Å²) in [4.78, 5) is 28.0. The predicted octanol–water partition coefficient (Wildman–Crippen LogP) is 6.87. The number of allylic oxidation sites excluding steroid dienone is 2. The van der Waals surface area contributed by atoms with Crippen LogP contribution in [-0.4, -0.2) is 78.6 Å². The smallest absolute Gasteiger partial charge is 0.407 e. The van der Waals surface area contributed by atoms with Crippen molar-refractivity contribution < 1.29 is 19.4 Å². The van der Waals surface area contributed by atoms with Crippen LogP contribution >= 0.6 is 0 Å². The molecule has 2 aliphatic heterocycles. The van der Waals surface area contributed by atoms with Crippen LogP contribution < -0.4 is 5.32 Å². The summed E-state index contributed by atoms with van der Waals surface area (Å²) in [6.45, 7) is 10.9. The van der Waals surface area contributed by atoms with Gasteiger partial charge in [0.15, 0.2) is 0 Å². The zero-order chi connectivity index (χ0) is 32.4. The summed E-state index contributed by atoms with van der Waals surface area (Å²) in [5, 5.41) is 19.6. The van der Waals surface area contributed by atoms with Crippen LogP contribution in [0.4, 0.5) is 4.79 Å². The van der Waals surface area contributed by atoms with Gasteiger partial charge in [-0.05, 0) is 74.2 Å². The van der Waals surface area contributed by atoms with E-state index in [1.807, 2.05) is 30.3 Å². The average molecular weight is 617 g/mol. The summed E-state index contributed by atoms with van der Waals surface area (Å²) in [5.41, 5.74) is 3.20. The fourth-order valence-electron chi connectivity index (χ4n) is 6.34. The predicted molar refractivity (Wildman–Crippen MR) is 182 cm³/mol. The molecule has 3 N–H and O–H groups in total. The molecule has 3 aliphatic rings. The minimum Gasteiger partial charge on any atom is -0.480 e. The molecule has 8 heteroatoms. The van der Waals surface area contributed by atoms with E-state index in [1.165, 1.54) is 31.0 Å². The van der Waals surface area contributed by atoms with Crippen molar-refractivity contribution in [1.29, 1.82) is 5.41 Å². The van der Waals surface area contributed by atoms with Gasteiger partial charge in [0.25, 0.3) is 0 Å². The van der Waals surface area contributed by atoms with Crippen LogP contribution in [0.3, 0.4) is 0 Å². The highest BCUT2D eigenvalue weighted by molar-refractivity contribution is 5.76. The van der Waals surface area contributed by atoms with E-state index >= 15 is 0 Å². The van der Waals surface area contributed by atoms with Gasteiger partial charge in [-0.3, -0.25) is 9.69 Å². The molecule has 0 aromatic heterocycles. The minimum atomic E-state index is -0.615. The minimum absolute atomic E-state index is 0.0338. The van der Waals surface area contributed by atoms with Crippen molar-refractivity contribution in [2.24, 2.45) is 5.92 Å². The monoisotopic (exact) mass is 616 g/mol. The van der Waals surface area contributed by atoms with E-state index < -0.39 is 5.97 Å². The number of aliphatic carboxylic acids is 1. The molecule has 2 aromatic rings. The Labute approximate surface area is 269 Å². The Morgan fingerprint density at radius 1 is 0.956 bits per heavy atom. The van der Waals surface area contributed by atoms with Crippen molar-refractivity contribution in [2.75, 3.05) is 33.2 Å². The van der Waals surface area contributed by atoms with Gasteiger partial charge in [0.2, 0.25) is 0 Å². The molecule has 1 saturated carbocycles. The normalized spacial score (nSPS) is 19.9. The molecule has 0 spiro atoms. The Kier molecular flexibility index (Phi) is 15.6. The van der Waals surface area contributed by atoms with Crippen LogP contribution in [0.25, 0.3) is 0 Å². The Hall–Kier alpha value is -3.75. The third-order valence-electron chi connectivity index (χ3n) is 8.92. The number of hydrogen-bond donors (Lipinski definition) is 3. The first-order chi connectivity index (χ1) is 21.8. The number of likely N-dealkylation sites (tertiary alicyclic amines) is 2. The van der Waals surface area contributed by atoms with Crippen LogP contribution in [0, 0.1) is 11.3 Å². The third kappa shape index (κ3) is 12.3. The summed E-state index contributed by atoms with van der Waals surface area (Å²) in [6, 6.07) is 17.8. The highest BCUT2D eigenvalue weighted by Gasteiger charge is 2.38. The SMILES string of the molecule is C=CC=C.CN1CCC(OC(=O)NCc2ccc(C=N)cc2)CC1.O=C(O)[C@@H](C1CCCCC1)N1CCC(c2ccccc2)C1. The van der Waals surface area contributed by atoms with Gasteiger partial charge < -0.3 is 25.5 Å². The van der Waals surface area contributed by atoms with Crippen LogP contribution in [-0.2, 0) is 16.1 Å². The molecule has 1 amide bonds. The Bertz CT molecular complexity index is 1180. The molecular formula is C37H52N4O4. The lowest BCUT2D eigenvalue weighted by atomic mass is 9.83. The maximum absolute atomic E-state index is 11.8. The number of nitrogens with zero attached hydrogens (tertiary/aromatic N) is 2. The molecule has 45 heavy (non-hydrogen) atoms. The molecule has 3 fully saturated rings. The first-order valence-corrected chi connectivity index (χ1v) is 16.3. The number of nitrogens with one attached hydrogen (secondary N) is 2. The molecule has 0 bridgehead atoms. The van der Waals surface area contributed by atoms with Gasteiger partial charge >= 0.3 is 12.1 Å². The second kappa shape index (κ2) is 19.6. The summed E-state index contributed by atoms with van der Waals surface area (Å²) < 4.78 is 5.39. The zero-order valence-electron chi connectivity index (χ0n) is 26.9. The van der Waals surface area contributed by atoms with Gasteiger partial charge in [0.1, 0.15) is 12.1 Å². The largest absolute Gasteiger partial charge is 0.480 e. The molecule has 1 unspecified atom stereocenters. The number of carboxylic acids is 1. The number of hydrogen-bond acceptors (Lipinski definition) is 6. The Morgan fingerprint density at radius 3 is 2.18 bits per heavy atom. The molecule has 2 aromatic carbocycles. The standard InChI is InChI=1S/C18H25NO2.C15H21N3O2.C4H6/c20-18(21)17(15-9-5-2-6-10-15)19-12-11-16(13-19)14-7-3-1-4-8-14;1-18-8-6-14(7-9-18)20-15(19)17-11-13-4-2-12(10-16)3-5-13;1-3-4-2/h1,3-4,7-8,15-17H,2,5-6,9-13H2,(H,20,21);2-5,10,14,16H,6-9,11H2,1H3,(H,17,19);3-4H,1-2H2/t16?,17-;;/m1../s1. The molecule has 244 valence electrons. The molecule has 0 radical (unpaired) electrons. The lowest BCUT2D eigenvalue weighted by Crippen LogP contribution is -2.45. The zero-order valence-corrected chi connectivity index (χ0v) is 26.9. The number of benzene rings is 2. The first-order valence-electron chi connectivity index (χ1n) is 16.3. The Morgan fingerprint density at radius 2 is 1.60 bits per heavy atom. The molecule has 2 heterocycles. The fraction of sp³-hybridized carbons (Fsp3) is 0.486. The first kappa shape index (κ1) is 35.7. The number of alkyl carbamates (subject to hydrolysis) is 1. The van der Waals surface area contributed by atoms with E-state index in [-0.39, 0.29) is 18.2 Å². The summed E-state index contributed by atoms with van der Waals surface area (Å²) in [7, 11) is 2.08. The van der Waals surface area contributed by atoms with Crippen molar-refractivity contribution in [3.05, 3.63) is 96.6 Å². The Balaban J connectivity index is 0.000000220. The van der Waals surface area contributed by atoms with Crippen LogP contribution in [0.1, 0.15) is 74.0 Å². The van der Waals surface area contributed by atoms with Crippen molar-refractivity contribution >= 4 is 18.3 Å². The highest BCUT2D eigenvalue weighted by Crippen LogP contribution is 2.34. The number of carbonyl (C=O) groups is 2. The van der Waals surface area contributed by atoms with E-state index in [0.29, 0.717) is 18.4 Å². The van der Waals surface area contributed by atoms with Gasteiger partial charge in [-0.2, -0.15) is 0 Å². The number of ether oxygens (including phenoxy) is 1. The van der Waals surface area contributed by atoms with Crippen molar-refractivity contribution in [3.63, 3.8) is 0 Å². The number of carboxylic acid groups (broad SMARTS) is 1. The summed E-state index contributed by atoms with van der Waals surface area (Å²) in [5.74, 6) is 0.234. The second-order valence-electron chi connectivity index (χ2n) is 12.2. The summed E-state index contributed by atoms with van der Waals surface area (Å²) >= 11 is 0. The maximum atomic E-state index is 11.8. The number of rotatable bonds is 9. The average Bonchev–Trinajstić information content (AvgIpc) is 3.56. The third-order valence-corrected chi connectivity index (χ3v) is 8.92. The van der Waals surface area contributed by atoms with E-state index in [9.17, 15) is 14.7 Å². The topological polar surface area (TPSA) is 106 Å². The lowest BCUT2D eigenvalue weighted by Gasteiger charge is -2.33. The molecular weight excluding hydrogens is 564 g/mol. The molecule has 1 aliphatic carbocycles. The second-order valence-corrected chi connectivity index (χ2v) is 12.2. The van der Waals surface area contributed by atoms with Gasteiger partial charge in [0.05, 0.1) is 0 Å². The highest BCUT2D eigenvalue weighted by atomic mass is 16.6. The number of piperidine rings is 1. The van der Waals surface area contributed by atoms with Crippen molar-refractivity contribution in [3.8, 4) is 0 Å². The molecule has 8 nitrogen and oxygen atoms in total. The van der Waals surface area contributed by atoms with E-state index in [4.69, 9.17) is 10.1 Å². The van der Waals surface area contributed by atoms with E-state index in [1.54, 1.807) is 12.2 Å². The van der Waals surface area contributed by atoms with Crippen molar-refractivity contribution in [1.82, 2.24) is 15.1 Å².